The predicted octanol–water partition coefficient (Wildman–Crippen LogP) is -0.618. The van der Waals surface area contributed by atoms with Gasteiger partial charge in [0, 0.05) is 0 Å². The molecule has 0 N–H and O–H groups in total. The van der Waals surface area contributed by atoms with E-state index < -0.39 is 0 Å². The van der Waals surface area contributed by atoms with E-state index >= 15 is 0 Å². The molecule has 25 valence electrons. The molecule has 0 saturated heterocycles. The molecule has 0 aliphatic heterocycles. The van der Waals surface area contributed by atoms with Gasteiger partial charge in [-0.25, -0.2) is 0 Å². The molecular formula is AlErO2+2. The van der Waals surface area contributed by atoms with Gasteiger partial charge in [0.25, 0.3) is 0 Å². The number of rotatable bonds is 0. The maximum absolute atomic E-state index is 0. The Morgan fingerprint density at radius 1 is 0.750 bits per heavy atom. The zero-order chi connectivity index (χ0) is 0. The molecule has 1 radical (unpaired) electrons. The first-order valence-electron chi connectivity index (χ1n) is 0. The first-order chi connectivity index (χ1) is 0. The van der Waals surface area contributed by atoms with Crippen LogP contribution in [0.5, 0.6) is 0 Å². The molecule has 0 aromatic rings. The van der Waals surface area contributed by atoms with E-state index in [1.165, 1.54) is 0 Å². The fraction of sp³-hybridized carbons (Fsp3) is 0. The molecule has 0 saturated carbocycles. The van der Waals surface area contributed by atoms with Crippen LogP contribution in [0.4, 0.5) is 0 Å². The fourth-order valence-corrected chi connectivity index (χ4v) is 0. The van der Waals surface area contributed by atoms with E-state index in [4.69, 9.17) is 0 Å². The van der Waals surface area contributed by atoms with Gasteiger partial charge in [-0.1, -0.05) is 0 Å². The summed E-state index contributed by atoms with van der Waals surface area (Å²) in [6.45, 7) is 0. The summed E-state index contributed by atoms with van der Waals surface area (Å²) >= 11 is 0. The first-order valence-corrected chi connectivity index (χ1v) is 0. The summed E-state index contributed by atoms with van der Waals surface area (Å²) in [7, 11) is 0. The van der Waals surface area contributed by atoms with Gasteiger partial charge in [-0.15, -0.1) is 0 Å². The topological polar surface area (TPSA) is 57.0 Å². The molecule has 4 heavy (non-hydrogen) atoms. The van der Waals surface area contributed by atoms with Crippen LogP contribution in [0, 0.1) is 37.3 Å². The van der Waals surface area contributed by atoms with Gasteiger partial charge in [0.1, 0.15) is 0 Å². The zero-order valence-electron chi connectivity index (χ0n) is 1.68. The molecule has 0 unspecified atom stereocenters. The molecule has 0 rings (SSSR count). The van der Waals surface area contributed by atoms with Gasteiger partial charge in [0.05, 0.1) is 0 Å². The SMILES string of the molecule is [Al+3].[Er+3].[O-2].[O-2]. The monoisotopic (exact) mass is 225 g/mol. The Morgan fingerprint density at radius 3 is 0.750 bits per heavy atom. The van der Waals surface area contributed by atoms with Gasteiger partial charge in [0.15, 0.2) is 0 Å². The molecule has 0 fully saturated rings. The summed E-state index contributed by atoms with van der Waals surface area (Å²) in [4.78, 5) is 0. The molecule has 0 bridgehead atoms. The van der Waals surface area contributed by atoms with Crippen molar-refractivity contribution in [2.45, 2.75) is 0 Å². The van der Waals surface area contributed by atoms with Gasteiger partial charge in [0.2, 0.25) is 0 Å². The van der Waals surface area contributed by atoms with Crippen molar-refractivity contribution in [2.75, 3.05) is 0 Å². The van der Waals surface area contributed by atoms with Crippen LogP contribution in [-0.2, 0) is 11.0 Å². The average molecular weight is 226 g/mol. The third kappa shape index (κ3) is 9.33. The second-order valence-electron chi connectivity index (χ2n) is 0. The molecule has 0 heterocycles. The van der Waals surface area contributed by atoms with Crippen molar-refractivity contribution < 1.29 is 48.3 Å². The van der Waals surface area contributed by atoms with Crippen molar-refractivity contribution in [2.24, 2.45) is 0 Å². The Hall–Kier alpha value is 1.70. The molecule has 0 aromatic carbocycles. The summed E-state index contributed by atoms with van der Waals surface area (Å²) in [5.41, 5.74) is 0. The second-order valence-corrected chi connectivity index (χ2v) is 0. The van der Waals surface area contributed by atoms with E-state index in [1.54, 1.807) is 0 Å². The van der Waals surface area contributed by atoms with Crippen LogP contribution >= 0.6 is 0 Å². The Balaban J connectivity index is 0. The van der Waals surface area contributed by atoms with Crippen molar-refractivity contribution >= 4 is 17.4 Å². The minimum absolute atomic E-state index is 0. The third-order valence-electron chi connectivity index (χ3n) is 0. The van der Waals surface area contributed by atoms with Crippen LogP contribution in [-0.4, -0.2) is 17.4 Å². The molecule has 0 atom stereocenters. The maximum Gasteiger partial charge on any atom is 3.00 e. The molecule has 0 aliphatic rings. The Bertz CT molecular complexity index is 6.00. The van der Waals surface area contributed by atoms with E-state index in [1.807, 2.05) is 0 Å². The Kier molecular flexibility index (Phi) is 243. The fourth-order valence-electron chi connectivity index (χ4n) is 0. The molecule has 0 aromatic heterocycles. The maximum atomic E-state index is 0. The molecule has 0 spiro atoms. The van der Waals surface area contributed by atoms with Crippen LogP contribution in [0.2, 0.25) is 0 Å². The molecule has 2 nitrogen and oxygen atoms in total. The molecule has 0 amide bonds. The van der Waals surface area contributed by atoms with E-state index in [2.05, 4.69) is 0 Å². The van der Waals surface area contributed by atoms with Gasteiger partial charge in [-0.2, -0.15) is 0 Å². The van der Waals surface area contributed by atoms with Crippen LogP contribution < -0.4 is 0 Å². The van der Waals surface area contributed by atoms with Gasteiger partial charge < -0.3 is 11.0 Å². The van der Waals surface area contributed by atoms with Gasteiger partial charge >= 0.3 is 54.7 Å². The standard InChI is InChI=1S/Al.Er.2O/q2*+3;2*-2. The number of hydrogen-bond donors (Lipinski definition) is 0. The first kappa shape index (κ1) is 43.6. The van der Waals surface area contributed by atoms with Gasteiger partial charge in [-0.05, 0) is 0 Å². The van der Waals surface area contributed by atoms with Crippen molar-refractivity contribution in [1.29, 1.82) is 0 Å². The quantitative estimate of drug-likeness (QED) is 0.494. The van der Waals surface area contributed by atoms with Crippen molar-refractivity contribution in [1.82, 2.24) is 0 Å². The van der Waals surface area contributed by atoms with Crippen molar-refractivity contribution in [3.05, 3.63) is 0 Å². The van der Waals surface area contributed by atoms with Crippen LogP contribution in [0.25, 0.3) is 0 Å². The van der Waals surface area contributed by atoms with Crippen molar-refractivity contribution in [3.8, 4) is 0 Å². The third-order valence-corrected chi connectivity index (χ3v) is 0. The van der Waals surface area contributed by atoms with E-state index in [0.717, 1.165) is 0 Å². The summed E-state index contributed by atoms with van der Waals surface area (Å²) in [6, 6.07) is 0. The van der Waals surface area contributed by atoms with Crippen molar-refractivity contribution in [3.63, 3.8) is 0 Å². The Morgan fingerprint density at radius 2 is 0.750 bits per heavy atom. The molecular weight excluding hydrogens is 226 g/mol. The average Bonchev–Trinajstić information content (AvgIpc) is 0. The summed E-state index contributed by atoms with van der Waals surface area (Å²) in [6.07, 6.45) is 0. The largest absolute Gasteiger partial charge is 3.00 e. The van der Waals surface area contributed by atoms with E-state index in [0.29, 0.717) is 0 Å². The minimum atomic E-state index is 0. The minimum Gasteiger partial charge on any atom is -2.00 e. The predicted molar refractivity (Wildman–Crippen MR) is 7.13 cm³/mol. The smallest absolute Gasteiger partial charge is 2.00 e. The van der Waals surface area contributed by atoms with Gasteiger partial charge in [-0.3, -0.25) is 0 Å². The zero-order valence-corrected chi connectivity index (χ0v) is 4.69. The Labute approximate surface area is 64.9 Å². The number of hydrogen-bond acceptors (Lipinski definition) is 0. The summed E-state index contributed by atoms with van der Waals surface area (Å²) in [5, 5.41) is 0. The summed E-state index contributed by atoms with van der Waals surface area (Å²) < 4.78 is 0. The second kappa shape index (κ2) is 22.3. The van der Waals surface area contributed by atoms with Crippen LogP contribution in [0.1, 0.15) is 0 Å². The van der Waals surface area contributed by atoms with Crippen LogP contribution in [0.15, 0.2) is 0 Å². The molecule has 0 aliphatic carbocycles. The summed E-state index contributed by atoms with van der Waals surface area (Å²) in [5.74, 6) is 0. The van der Waals surface area contributed by atoms with E-state index in [9.17, 15) is 0 Å². The molecule has 4 heteroatoms. The normalized spacial score (nSPS) is 0. The van der Waals surface area contributed by atoms with E-state index in [-0.39, 0.29) is 65.6 Å². The van der Waals surface area contributed by atoms with Crippen LogP contribution in [0.3, 0.4) is 0 Å².